The second kappa shape index (κ2) is 6.24. The molecule has 0 atom stereocenters. The van der Waals surface area contributed by atoms with Gasteiger partial charge >= 0.3 is 0 Å². The second-order valence-corrected chi connectivity index (χ2v) is 5.41. The van der Waals surface area contributed by atoms with E-state index in [2.05, 4.69) is 55.0 Å². The molecule has 21 heavy (non-hydrogen) atoms. The molecule has 2 aromatic heterocycles. The van der Waals surface area contributed by atoms with Gasteiger partial charge in [-0.15, -0.1) is 0 Å². The van der Waals surface area contributed by atoms with Gasteiger partial charge in [-0.1, -0.05) is 13.8 Å². The molecule has 0 aromatic carbocycles. The molecule has 0 spiro atoms. The smallest absolute Gasteiger partial charge is 0.162 e. The minimum Gasteiger partial charge on any atom is -0.370 e. The maximum Gasteiger partial charge on any atom is 0.162 e. The number of nitrogens with one attached hydrogen (secondary N) is 1. The topological polar surface area (TPSA) is 55.6 Å². The molecule has 5 nitrogen and oxygen atoms in total. The first-order valence-electron chi connectivity index (χ1n) is 7.64. The predicted octanol–water partition coefficient (Wildman–Crippen LogP) is 3.28. The molecule has 0 saturated heterocycles. The third-order valence-electron chi connectivity index (χ3n) is 3.77. The number of hydrogen-bond acceptors (Lipinski definition) is 4. The standard InChI is InChI=1S/C16H25N5/c1-7-9-17-15-10(3)16(19-13(6)18-15)21-12(5)14(8-2)11(4)20-21/h7-9H2,1-6H3,(H,17,18,19). The first-order chi connectivity index (χ1) is 9.99. The maximum atomic E-state index is 4.67. The van der Waals surface area contributed by atoms with Crippen molar-refractivity contribution in [1.82, 2.24) is 19.7 Å². The Labute approximate surface area is 126 Å². The monoisotopic (exact) mass is 287 g/mol. The highest BCUT2D eigenvalue weighted by Crippen LogP contribution is 2.23. The van der Waals surface area contributed by atoms with Crippen molar-refractivity contribution in [2.24, 2.45) is 0 Å². The average molecular weight is 287 g/mol. The molecule has 0 fully saturated rings. The highest BCUT2D eigenvalue weighted by Gasteiger charge is 2.16. The van der Waals surface area contributed by atoms with Gasteiger partial charge in [0.1, 0.15) is 11.6 Å². The number of rotatable bonds is 5. The third kappa shape index (κ3) is 2.91. The lowest BCUT2D eigenvalue weighted by molar-refractivity contribution is 0.782. The summed E-state index contributed by atoms with van der Waals surface area (Å²) in [5.74, 6) is 2.55. The van der Waals surface area contributed by atoms with E-state index in [-0.39, 0.29) is 0 Å². The second-order valence-electron chi connectivity index (χ2n) is 5.41. The number of anilines is 1. The van der Waals surface area contributed by atoms with Crippen LogP contribution in [-0.2, 0) is 6.42 Å². The van der Waals surface area contributed by atoms with Crippen molar-refractivity contribution in [3.8, 4) is 5.82 Å². The first-order valence-corrected chi connectivity index (χ1v) is 7.64. The molecular weight excluding hydrogens is 262 g/mol. The first kappa shape index (κ1) is 15.5. The molecule has 2 rings (SSSR count). The lowest BCUT2D eigenvalue weighted by Gasteiger charge is -2.13. The van der Waals surface area contributed by atoms with E-state index in [1.165, 1.54) is 5.56 Å². The average Bonchev–Trinajstić information content (AvgIpc) is 2.73. The molecule has 0 radical (unpaired) electrons. The van der Waals surface area contributed by atoms with Crippen molar-refractivity contribution in [3.63, 3.8) is 0 Å². The van der Waals surface area contributed by atoms with E-state index in [1.807, 2.05) is 11.6 Å². The SMILES string of the molecule is CCCNc1nc(C)nc(-n2nc(C)c(CC)c2C)c1C. The maximum absolute atomic E-state index is 4.67. The summed E-state index contributed by atoms with van der Waals surface area (Å²) in [6.07, 6.45) is 2.05. The Kier molecular flexibility index (Phi) is 4.60. The number of nitrogens with zero attached hydrogens (tertiary/aromatic N) is 4. The fourth-order valence-corrected chi connectivity index (χ4v) is 2.63. The molecule has 5 heteroatoms. The van der Waals surface area contributed by atoms with Crippen molar-refractivity contribution < 1.29 is 0 Å². The Bertz CT molecular complexity index is 643. The highest BCUT2D eigenvalue weighted by atomic mass is 15.3. The largest absolute Gasteiger partial charge is 0.370 e. The van der Waals surface area contributed by atoms with Crippen LogP contribution in [0.3, 0.4) is 0 Å². The lowest BCUT2D eigenvalue weighted by atomic mass is 10.1. The van der Waals surface area contributed by atoms with Crippen LogP contribution in [0, 0.1) is 27.7 Å². The Morgan fingerprint density at radius 2 is 1.76 bits per heavy atom. The van der Waals surface area contributed by atoms with Crippen LogP contribution >= 0.6 is 0 Å². The molecule has 0 aliphatic heterocycles. The molecule has 0 saturated carbocycles. The molecule has 0 bridgehead atoms. The van der Waals surface area contributed by atoms with Gasteiger partial charge in [0, 0.05) is 17.8 Å². The van der Waals surface area contributed by atoms with E-state index in [0.717, 1.165) is 53.8 Å². The van der Waals surface area contributed by atoms with Gasteiger partial charge in [0.05, 0.1) is 5.69 Å². The lowest BCUT2D eigenvalue weighted by Crippen LogP contribution is -2.12. The summed E-state index contributed by atoms with van der Waals surface area (Å²) in [5.41, 5.74) is 4.59. The van der Waals surface area contributed by atoms with E-state index >= 15 is 0 Å². The Morgan fingerprint density at radius 3 is 2.33 bits per heavy atom. The van der Waals surface area contributed by atoms with Crippen LogP contribution in [0.15, 0.2) is 0 Å². The van der Waals surface area contributed by atoms with Crippen LogP contribution in [0.25, 0.3) is 5.82 Å². The van der Waals surface area contributed by atoms with Gasteiger partial charge in [0.25, 0.3) is 0 Å². The molecule has 1 N–H and O–H groups in total. The molecule has 114 valence electrons. The van der Waals surface area contributed by atoms with Crippen LogP contribution in [0.4, 0.5) is 5.82 Å². The quantitative estimate of drug-likeness (QED) is 0.917. The fourth-order valence-electron chi connectivity index (χ4n) is 2.63. The fraction of sp³-hybridized carbons (Fsp3) is 0.562. The van der Waals surface area contributed by atoms with Gasteiger partial charge in [0.2, 0.25) is 0 Å². The zero-order chi connectivity index (χ0) is 15.6. The van der Waals surface area contributed by atoms with Gasteiger partial charge in [0.15, 0.2) is 5.82 Å². The van der Waals surface area contributed by atoms with Crippen molar-refractivity contribution >= 4 is 5.82 Å². The number of aromatic nitrogens is 4. The van der Waals surface area contributed by atoms with E-state index in [9.17, 15) is 0 Å². The summed E-state index contributed by atoms with van der Waals surface area (Å²) in [4.78, 5) is 9.12. The van der Waals surface area contributed by atoms with Gasteiger partial charge in [-0.2, -0.15) is 5.10 Å². The molecule has 0 unspecified atom stereocenters. The van der Waals surface area contributed by atoms with Crippen LogP contribution in [0.1, 0.15) is 48.6 Å². The van der Waals surface area contributed by atoms with Gasteiger partial charge in [-0.05, 0) is 46.1 Å². The zero-order valence-corrected chi connectivity index (χ0v) is 13.9. The summed E-state index contributed by atoms with van der Waals surface area (Å²) < 4.78 is 1.95. The molecule has 0 aliphatic rings. The summed E-state index contributed by atoms with van der Waals surface area (Å²) in [5, 5.41) is 8.05. The Balaban J connectivity index is 2.56. The van der Waals surface area contributed by atoms with Crippen LogP contribution in [0.5, 0.6) is 0 Å². The Morgan fingerprint density at radius 1 is 1.05 bits per heavy atom. The summed E-state index contributed by atoms with van der Waals surface area (Å²) in [7, 11) is 0. The number of aryl methyl sites for hydroxylation is 2. The van der Waals surface area contributed by atoms with Crippen LogP contribution in [-0.4, -0.2) is 26.3 Å². The molecular formula is C16H25N5. The Hall–Kier alpha value is -1.91. The van der Waals surface area contributed by atoms with E-state index in [4.69, 9.17) is 0 Å². The minimum atomic E-state index is 0.764. The molecule has 2 heterocycles. The van der Waals surface area contributed by atoms with E-state index in [0.29, 0.717) is 0 Å². The normalized spacial score (nSPS) is 11.0. The summed E-state index contributed by atoms with van der Waals surface area (Å²) in [6, 6.07) is 0. The van der Waals surface area contributed by atoms with E-state index in [1.54, 1.807) is 0 Å². The van der Waals surface area contributed by atoms with Crippen molar-refractivity contribution in [3.05, 3.63) is 28.3 Å². The summed E-state index contributed by atoms with van der Waals surface area (Å²) >= 11 is 0. The highest BCUT2D eigenvalue weighted by molar-refractivity contribution is 5.52. The van der Waals surface area contributed by atoms with Crippen LogP contribution < -0.4 is 5.32 Å². The van der Waals surface area contributed by atoms with Gasteiger partial charge in [-0.25, -0.2) is 14.6 Å². The van der Waals surface area contributed by atoms with E-state index < -0.39 is 0 Å². The molecule has 0 amide bonds. The van der Waals surface area contributed by atoms with Crippen molar-refractivity contribution in [2.45, 2.75) is 54.4 Å². The van der Waals surface area contributed by atoms with Crippen molar-refractivity contribution in [2.75, 3.05) is 11.9 Å². The van der Waals surface area contributed by atoms with Crippen LogP contribution in [0.2, 0.25) is 0 Å². The minimum absolute atomic E-state index is 0.764. The number of hydrogen-bond donors (Lipinski definition) is 1. The zero-order valence-electron chi connectivity index (χ0n) is 13.9. The molecule has 0 aliphatic carbocycles. The summed E-state index contributed by atoms with van der Waals surface area (Å²) in [6.45, 7) is 13.4. The third-order valence-corrected chi connectivity index (χ3v) is 3.77. The van der Waals surface area contributed by atoms with Gasteiger partial charge in [-0.3, -0.25) is 0 Å². The molecule has 2 aromatic rings. The predicted molar refractivity (Wildman–Crippen MR) is 86.3 cm³/mol. The van der Waals surface area contributed by atoms with Gasteiger partial charge < -0.3 is 5.32 Å². The van der Waals surface area contributed by atoms with Crippen molar-refractivity contribution in [1.29, 1.82) is 0 Å².